The summed E-state index contributed by atoms with van der Waals surface area (Å²) in [7, 11) is 0. The van der Waals surface area contributed by atoms with Crippen LogP contribution in [0.3, 0.4) is 0 Å². The Morgan fingerprint density at radius 1 is 1.26 bits per heavy atom. The lowest BCUT2D eigenvalue weighted by Crippen LogP contribution is -2.33. The summed E-state index contributed by atoms with van der Waals surface area (Å²) in [5.74, 6) is 0.938. The highest BCUT2D eigenvalue weighted by molar-refractivity contribution is 5.78. The summed E-state index contributed by atoms with van der Waals surface area (Å²) < 4.78 is 0. The molecule has 3 heteroatoms. The number of phenolic OH excluding ortho intramolecular Hbond substituents is 1. The maximum absolute atomic E-state index is 11.8. The Balaban J connectivity index is 2.30. The fourth-order valence-corrected chi connectivity index (χ4v) is 2.08. The van der Waals surface area contributed by atoms with Gasteiger partial charge < -0.3 is 10.4 Å². The van der Waals surface area contributed by atoms with Gasteiger partial charge in [-0.15, -0.1) is 0 Å². The summed E-state index contributed by atoms with van der Waals surface area (Å²) in [5.41, 5.74) is 0.840. The lowest BCUT2D eigenvalue weighted by molar-refractivity contribution is -0.121. The number of phenols is 1. The first-order chi connectivity index (χ1) is 8.97. The largest absolute Gasteiger partial charge is 0.508 e. The first-order valence-corrected chi connectivity index (χ1v) is 7.04. The molecule has 0 aliphatic rings. The van der Waals surface area contributed by atoms with Crippen molar-refractivity contribution in [3.8, 4) is 5.75 Å². The zero-order valence-corrected chi connectivity index (χ0v) is 12.1. The molecule has 0 spiro atoms. The van der Waals surface area contributed by atoms with Crippen molar-refractivity contribution in [3.63, 3.8) is 0 Å². The van der Waals surface area contributed by atoms with Crippen molar-refractivity contribution < 1.29 is 9.90 Å². The van der Waals surface area contributed by atoms with Gasteiger partial charge in [-0.3, -0.25) is 4.79 Å². The third-order valence-corrected chi connectivity index (χ3v) is 3.10. The van der Waals surface area contributed by atoms with Crippen LogP contribution in [0.4, 0.5) is 0 Å². The highest BCUT2D eigenvalue weighted by Crippen LogP contribution is 2.12. The second kappa shape index (κ2) is 7.82. The van der Waals surface area contributed by atoms with E-state index in [1.807, 2.05) is 13.0 Å². The Bertz CT molecular complexity index is 401. The monoisotopic (exact) mass is 263 g/mol. The van der Waals surface area contributed by atoms with Gasteiger partial charge in [0, 0.05) is 6.04 Å². The summed E-state index contributed by atoms with van der Waals surface area (Å²) in [4.78, 5) is 11.8. The number of carbonyl (C=O) groups is 1. The van der Waals surface area contributed by atoms with E-state index in [-0.39, 0.29) is 17.7 Å². The predicted molar refractivity (Wildman–Crippen MR) is 78.1 cm³/mol. The zero-order chi connectivity index (χ0) is 14.3. The van der Waals surface area contributed by atoms with Gasteiger partial charge in [-0.25, -0.2) is 0 Å². The van der Waals surface area contributed by atoms with Crippen LogP contribution < -0.4 is 5.32 Å². The molecule has 0 radical (unpaired) electrons. The van der Waals surface area contributed by atoms with Crippen LogP contribution in [-0.2, 0) is 11.2 Å². The van der Waals surface area contributed by atoms with E-state index in [1.54, 1.807) is 18.2 Å². The second-order valence-corrected chi connectivity index (χ2v) is 5.64. The van der Waals surface area contributed by atoms with Gasteiger partial charge in [0.2, 0.25) is 5.91 Å². The molecule has 1 atom stereocenters. The zero-order valence-electron chi connectivity index (χ0n) is 12.1. The maximum atomic E-state index is 11.8. The number of hydrogen-bond acceptors (Lipinski definition) is 2. The lowest BCUT2D eigenvalue weighted by Gasteiger charge is -2.14. The molecule has 1 aromatic carbocycles. The predicted octanol–water partition coefficient (Wildman–Crippen LogP) is 3.27. The molecule has 2 N–H and O–H groups in total. The fourth-order valence-electron chi connectivity index (χ4n) is 2.08. The highest BCUT2D eigenvalue weighted by atomic mass is 16.3. The molecule has 0 aliphatic heterocycles. The lowest BCUT2D eigenvalue weighted by atomic mass is 10.0. The Morgan fingerprint density at radius 2 is 2.00 bits per heavy atom. The SMILES string of the molecule is CC(C)CCCC(C)NC(=O)Cc1cccc(O)c1. The second-order valence-electron chi connectivity index (χ2n) is 5.64. The Morgan fingerprint density at radius 3 is 2.63 bits per heavy atom. The average Bonchev–Trinajstić information content (AvgIpc) is 2.27. The fraction of sp³-hybridized carbons (Fsp3) is 0.562. The molecule has 0 aliphatic carbocycles. The maximum Gasteiger partial charge on any atom is 0.224 e. The first kappa shape index (κ1) is 15.5. The van der Waals surface area contributed by atoms with Crippen LogP contribution in [0.5, 0.6) is 5.75 Å². The van der Waals surface area contributed by atoms with Crippen LogP contribution in [0.15, 0.2) is 24.3 Å². The Hall–Kier alpha value is -1.51. The van der Waals surface area contributed by atoms with Crippen molar-refractivity contribution in [1.82, 2.24) is 5.32 Å². The minimum Gasteiger partial charge on any atom is -0.508 e. The van der Waals surface area contributed by atoms with E-state index in [1.165, 1.54) is 6.42 Å². The van der Waals surface area contributed by atoms with Crippen molar-refractivity contribution >= 4 is 5.91 Å². The van der Waals surface area contributed by atoms with Gasteiger partial charge in [0.15, 0.2) is 0 Å². The van der Waals surface area contributed by atoms with E-state index in [0.717, 1.165) is 24.3 Å². The molecule has 0 saturated heterocycles. The average molecular weight is 263 g/mol. The molecule has 3 nitrogen and oxygen atoms in total. The number of benzene rings is 1. The standard InChI is InChI=1S/C16H25NO2/c1-12(2)6-4-7-13(3)17-16(19)11-14-8-5-9-15(18)10-14/h5,8-10,12-13,18H,4,6-7,11H2,1-3H3,(H,17,19). The van der Waals surface area contributed by atoms with Crippen molar-refractivity contribution in [2.24, 2.45) is 5.92 Å². The summed E-state index contributed by atoms with van der Waals surface area (Å²) in [6, 6.07) is 7.05. The van der Waals surface area contributed by atoms with E-state index in [0.29, 0.717) is 6.42 Å². The van der Waals surface area contributed by atoms with Crippen LogP contribution in [-0.4, -0.2) is 17.1 Å². The van der Waals surface area contributed by atoms with Crippen LogP contribution in [0.2, 0.25) is 0 Å². The van der Waals surface area contributed by atoms with Crippen molar-refractivity contribution in [2.45, 2.75) is 52.5 Å². The smallest absolute Gasteiger partial charge is 0.224 e. The van der Waals surface area contributed by atoms with E-state index in [4.69, 9.17) is 0 Å². The van der Waals surface area contributed by atoms with Gasteiger partial charge in [-0.2, -0.15) is 0 Å². The van der Waals surface area contributed by atoms with E-state index >= 15 is 0 Å². The summed E-state index contributed by atoms with van der Waals surface area (Å²) in [6.07, 6.45) is 3.69. The summed E-state index contributed by atoms with van der Waals surface area (Å²) >= 11 is 0. The van der Waals surface area contributed by atoms with Crippen LogP contribution in [0, 0.1) is 5.92 Å². The van der Waals surface area contributed by atoms with Gasteiger partial charge >= 0.3 is 0 Å². The molecule has 19 heavy (non-hydrogen) atoms. The van der Waals surface area contributed by atoms with Gasteiger partial charge in [0.25, 0.3) is 0 Å². The molecule has 0 heterocycles. The molecule has 106 valence electrons. The molecule has 1 amide bonds. The highest BCUT2D eigenvalue weighted by Gasteiger charge is 2.08. The van der Waals surface area contributed by atoms with Gasteiger partial charge in [0.05, 0.1) is 6.42 Å². The number of hydrogen-bond donors (Lipinski definition) is 2. The molecule has 0 aromatic heterocycles. The molecule has 1 unspecified atom stereocenters. The molecule has 1 aromatic rings. The molecule has 0 bridgehead atoms. The van der Waals surface area contributed by atoms with E-state index < -0.39 is 0 Å². The van der Waals surface area contributed by atoms with Crippen molar-refractivity contribution in [2.75, 3.05) is 0 Å². The number of rotatable bonds is 7. The van der Waals surface area contributed by atoms with Gasteiger partial charge in [-0.05, 0) is 37.0 Å². The quantitative estimate of drug-likeness (QED) is 0.793. The molecule has 1 rings (SSSR count). The Kier molecular flexibility index (Phi) is 6.40. The summed E-state index contributed by atoms with van der Waals surface area (Å²) in [5, 5.41) is 12.3. The van der Waals surface area contributed by atoms with E-state index in [9.17, 15) is 9.90 Å². The number of amides is 1. The van der Waals surface area contributed by atoms with Gasteiger partial charge in [0.1, 0.15) is 5.75 Å². The van der Waals surface area contributed by atoms with Gasteiger partial charge in [-0.1, -0.05) is 38.8 Å². The van der Waals surface area contributed by atoms with Crippen molar-refractivity contribution in [1.29, 1.82) is 0 Å². The Labute approximate surface area is 116 Å². The molecule has 0 saturated carbocycles. The van der Waals surface area contributed by atoms with Crippen molar-refractivity contribution in [3.05, 3.63) is 29.8 Å². The first-order valence-electron chi connectivity index (χ1n) is 7.04. The third kappa shape index (κ3) is 6.85. The topological polar surface area (TPSA) is 49.3 Å². The van der Waals surface area contributed by atoms with Crippen LogP contribution in [0.25, 0.3) is 0 Å². The molecule has 0 fully saturated rings. The number of carbonyl (C=O) groups excluding carboxylic acids is 1. The normalized spacial score (nSPS) is 12.4. The number of aromatic hydroxyl groups is 1. The minimum atomic E-state index is 0.0163. The third-order valence-electron chi connectivity index (χ3n) is 3.10. The molecular formula is C16H25NO2. The minimum absolute atomic E-state index is 0.0163. The summed E-state index contributed by atoms with van der Waals surface area (Å²) in [6.45, 7) is 6.47. The molecular weight excluding hydrogens is 238 g/mol. The van der Waals surface area contributed by atoms with E-state index in [2.05, 4.69) is 19.2 Å². The van der Waals surface area contributed by atoms with Crippen LogP contribution in [0.1, 0.15) is 45.6 Å². The van der Waals surface area contributed by atoms with Crippen LogP contribution >= 0.6 is 0 Å². The number of nitrogens with one attached hydrogen (secondary N) is 1.